The second kappa shape index (κ2) is 21.2. The molecule has 350 valence electrons. The molecule has 0 bridgehead atoms. The summed E-state index contributed by atoms with van der Waals surface area (Å²) in [6.07, 6.45) is 12.4. The Morgan fingerprint density at radius 3 is 1.63 bits per heavy atom. The van der Waals surface area contributed by atoms with E-state index in [-0.39, 0.29) is 5.41 Å². The molecule has 2 aliphatic rings. The fourth-order valence-electron chi connectivity index (χ4n) is 10.6. The molecule has 7 aromatic rings. The van der Waals surface area contributed by atoms with Crippen molar-refractivity contribution in [3.63, 3.8) is 0 Å². The highest BCUT2D eigenvalue weighted by atomic mass is 16.5. The lowest BCUT2D eigenvalue weighted by Crippen LogP contribution is -2.35. The maximum Gasteiger partial charge on any atom is 0.178 e. The van der Waals surface area contributed by atoms with E-state index in [1.807, 2.05) is 0 Å². The van der Waals surface area contributed by atoms with Gasteiger partial charge in [-0.3, -0.25) is 0 Å². The summed E-state index contributed by atoms with van der Waals surface area (Å²) in [5.74, 6) is 3.24. The Hall–Kier alpha value is -6.54. The normalized spacial score (nSPS) is 13.9. The van der Waals surface area contributed by atoms with Gasteiger partial charge in [0.05, 0.1) is 26.0 Å². The second-order valence-electron chi connectivity index (χ2n) is 18.0. The molecule has 9 rings (SSSR count). The summed E-state index contributed by atoms with van der Waals surface area (Å²) in [6, 6.07) is 51.7. The van der Waals surface area contributed by atoms with Gasteiger partial charge in [0, 0.05) is 66.3 Å². The third-order valence-corrected chi connectivity index (χ3v) is 13.7. The Labute approximate surface area is 403 Å². The Morgan fingerprint density at radius 2 is 1.10 bits per heavy atom. The van der Waals surface area contributed by atoms with Gasteiger partial charge in [0.25, 0.3) is 0 Å². The molecule has 0 spiro atoms. The predicted molar refractivity (Wildman–Crippen MR) is 278 cm³/mol. The van der Waals surface area contributed by atoms with Crippen molar-refractivity contribution in [1.82, 2.24) is 0 Å². The number of ether oxygens (including phenoxy) is 6. The molecule has 0 radical (unpaired) electrons. The van der Waals surface area contributed by atoms with Crippen LogP contribution < -0.4 is 23.8 Å². The van der Waals surface area contributed by atoms with Gasteiger partial charge in [-0.25, -0.2) is 0 Å². The summed E-state index contributed by atoms with van der Waals surface area (Å²) in [6.45, 7) is 7.00. The Balaban J connectivity index is 1.36. The number of anilines is 3. The number of hydrogen-bond acceptors (Lipinski definition) is 7. The van der Waals surface area contributed by atoms with Crippen LogP contribution in [0.2, 0.25) is 0 Å². The van der Waals surface area contributed by atoms with Gasteiger partial charge in [0.2, 0.25) is 0 Å². The summed E-state index contributed by atoms with van der Waals surface area (Å²) in [7, 11) is 5.37. The molecular weight excluding hydrogens is 843 g/mol. The Bertz CT molecular complexity index is 2700. The highest BCUT2D eigenvalue weighted by Gasteiger charge is 2.48. The molecule has 7 aromatic carbocycles. The summed E-state index contributed by atoms with van der Waals surface area (Å²) in [5, 5.41) is 2.11. The van der Waals surface area contributed by atoms with Crippen LogP contribution in [0.3, 0.4) is 0 Å². The molecule has 1 aliphatic carbocycles. The molecule has 1 aliphatic heterocycles. The predicted octanol–water partition coefficient (Wildman–Crippen LogP) is 15.1. The molecule has 0 saturated carbocycles. The molecule has 68 heavy (non-hydrogen) atoms. The van der Waals surface area contributed by atoms with Crippen molar-refractivity contribution in [2.24, 2.45) is 0 Å². The van der Waals surface area contributed by atoms with E-state index in [0.29, 0.717) is 13.2 Å². The third kappa shape index (κ3) is 8.86. The zero-order valence-corrected chi connectivity index (χ0v) is 40.4. The van der Waals surface area contributed by atoms with Crippen molar-refractivity contribution in [2.45, 2.75) is 76.2 Å². The minimum atomic E-state index is -1.00. The van der Waals surface area contributed by atoms with Gasteiger partial charge >= 0.3 is 0 Å². The van der Waals surface area contributed by atoms with Crippen LogP contribution in [-0.4, -0.2) is 47.8 Å². The average molecular weight is 908 g/mol. The number of para-hydroxylation sites is 2. The van der Waals surface area contributed by atoms with Gasteiger partial charge in [-0.1, -0.05) is 105 Å². The molecule has 7 heteroatoms. The van der Waals surface area contributed by atoms with E-state index in [2.05, 4.69) is 176 Å². The highest BCUT2D eigenvalue weighted by Crippen LogP contribution is 2.62. The van der Waals surface area contributed by atoms with Crippen LogP contribution in [0.4, 0.5) is 17.1 Å². The maximum atomic E-state index is 7.94. The van der Waals surface area contributed by atoms with Gasteiger partial charge in [0.15, 0.2) is 5.60 Å². The van der Waals surface area contributed by atoms with E-state index in [0.717, 1.165) is 132 Å². The molecule has 7 nitrogen and oxygen atoms in total. The number of rotatable bonds is 22. The lowest BCUT2D eigenvalue weighted by Gasteiger charge is -2.40. The first-order valence-corrected chi connectivity index (χ1v) is 24.5. The number of hydrogen-bond donors (Lipinski definition) is 0. The molecule has 0 saturated heterocycles. The van der Waals surface area contributed by atoms with Crippen LogP contribution in [-0.2, 0) is 20.5 Å². The second-order valence-corrected chi connectivity index (χ2v) is 18.0. The van der Waals surface area contributed by atoms with Gasteiger partial charge < -0.3 is 33.3 Å². The van der Waals surface area contributed by atoms with Crippen LogP contribution in [0.5, 0.6) is 23.0 Å². The third-order valence-electron chi connectivity index (χ3n) is 13.7. The van der Waals surface area contributed by atoms with E-state index < -0.39 is 5.60 Å². The molecule has 0 fully saturated rings. The van der Waals surface area contributed by atoms with Crippen LogP contribution in [0.25, 0.3) is 28.0 Å². The summed E-state index contributed by atoms with van der Waals surface area (Å²) >= 11 is 0. The highest BCUT2D eigenvalue weighted by molar-refractivity contribution is 6.11. The number of benzene rings is 7. The lowest BCUT2D eigenvalue weighted by molar-refractivity contribution is 0.162. The van der Waals surface area contributed by atoms with Crippen LogP contribution in [0.15, 0.2) is 152 Å². The van der Waals surface area contributed by atoms with Crippen LogP contribution >= 0.6 is 0 Å². The summed E-state index contributed by atoms with van der Waals surface area (Å²) < 4.78 is 38.0. The SMILES string of the molecule is CCCOc1ccc(C2(c3ccc(OCCC)cc3)C=Cc3c4c(c5cc(N(c6ccccc6)c6ccccc6)c(OC)cc5c3O2)-c2ccccc2C4(CCCCOC)CCCCOC)cc1. The molecule has 1 heterocycles. The number of nitrogens with zero attached hydrogens (tertiary/aromatic N) is 1. The van der Waals surface area contributed by atoms with Crippen molar-refractivity contribution in [3.8, 4) is 34.1 Å². The van der Waals surface area contributed by atoms with Crippen molar-refractivity contribution in [3.05, 3.63) is 179 Å². The van der Waals surface area contributed by atoms with Crippen molar-refractivity contribution in [1.29, 1.82) is 0 Å². The smallest absolute Gasteiger partial charge is 0.178 e. The van der Waals surface area contributed by atoms with Gasteiger partial charge in [-0.2, -0.15) is 0 Å². The lowest BCUT2D eigenvalue weighted by atomic mass is 9.68. The molecule has 0 atom stereocenters. The van der Waals surface area contributed by atoms with Gasteiger partial charge in [-0.15, -0.1) is 0 Å². The zero-order chi connectivity index (χ0) is 46.9. The maximum absolute atomic E-state index is 7.94. The molecule has 0 aromatic heterocycles. The van der Waals surface area contributed by atoms with Gasteiger partial charge in [-0.05, 0) is 146 Å². The quantitative estimate of drug-likeness (QED) is 0.0628. The monoisotopic (exact) mass is 907 g/mol. The first kappa shape index (κ1) is 46.6. The molecular formula is C61H65NO6. The van der Waals surface area contributed by atoms with Crippen LogP contribution in [0, 0.1) is 0 Å². The fourth-order valence-corrected chi connectivity index (χ4v) is 10.6. The Morgan fingerprint density at radius 1 is 0.559 bits per heavy atom. The van der Waals surface area contributed by atoms with Crippen molar-refractivity contribution >= 4 is 33.9 Å². The van der Waals surface area contributed by atoms with Crippen LogP contribution in [0.1, 0.15) is 93.0 Å². The average Bonchev–Trinajstić information content (AvgIpc) is 3.68. The molecule has 0 unspecified atom stereocenters. The molecule has 0 N–H and O–H groups in total. The summed E-state index contributed by atoms with van der Waals surface area (Å²) in [5.41, 5.74) is 10.0. The first-order chi connectivity index (χ1) is 33.5. The number of methoxy groups -OCH3 is 3. The minimum absolute atomic E-state index is 0.311. The fraction of sp³-hybridized carbons (Fsp3) is 0.311. The van der Waals surface area contributed by atoms with E-state index >= 15 is 0 Å². The number of fused-ring (bicyclic) bond motifs is 8. The zero-order valence-electron chi connectivity index (χ0n) is 40.4. The van der Waals surface area contributed by atoms with Gasteiger partial charge in [0.1, 0.15) is 23.0 Å². The standard InChI is InChI=1S/C61H65NO6/c1-6-38-66-48-30-26-44(27-31-48)61(45-28-32-49(33-29-45)67-39-7-2)37-34-51-58-57(50-24-14-15-25-54(50)60(58,35-16-18-40-63-3)36-17-19-41-64-4)52-42-55(56(65-5)43-53(52)59(51)68-61)62(46-20-10-8-11-21-46)47-22-12-9-13-23-47/h8-15,20-34,37,42-43H,6-7,16-19,35-36,38-41H2,1-5H3. The molecule has 0 amide bonds. The number of unbranched alkanes of at least 4 members (excludes halogenated alkanes) is 2. The van der Waals surface area contributed by atoms with Crippen molar-refractivity contribution in [2.75, 3.05) is 52.7 Å². The first-order valence-electron chi connectivity index (χ1n) is 24.5. The van der Waals surface area contributed by atoms with E-state index in [1.165, 1.54) is 22.3 Å². The topological polar surface area (TPSA) is 58.6 Å². The minimum Gasteiger partial charge on any atom is -0.495 e. The van der Waals surface area contributed by atoms with E-state index in [9.17, 15) is 0 Å². The largest absolute Gasteiger partial charge is 0.495 e. The Kier molecular flexibility index (Phi) is 14.5. The van der Waals surface area contributed by atoms with E-state index in [4.69, 9.17) is 28.4 Å². The van der Waals surface area contributed by atoms with Crippen molar-refractivity contribution < 1.29 is 28.4 Å². The summed E-state index contributed by atoms with van der Waals surface area (Å²) in [4.78, 5) is 2.31. The van der Waals surface area contributed by atoms with E-state index in [1.54, 1.807) is 21.3 Å².